The summed E-state index contributed by atoms with van der Waals surface area (Å²) < 4.78 is 39.4. The van der Waals surface area contributed by atoms with Crippen molar-refractivity contribution in [3.63, 3.8) is 0 Å². The Hall–Kier alpha value is -0.930. The van der Waals surface area contributed by atoms with Crippen molar-refractivity contribution in [2.45, 2.75) is 6.36 Å². The molecule has 0 unspecified atom stereocenters. The second-order valence-electron chi connectivity index (χ2n) is 2.29. The molecule has 0 saturated heterocycles. The molecule has 0 aliphatic carbocycles. The first-order valence-corrected chi connectivity index (χ1v) is 4.34. The zero-order valence-corrected chi connectivity index (χ0v) is 8.76. The van der Waals surface area contributed by atoms with Crippen LogP contribution in [0.2, 0.25) is 0 Å². The van der Waals surface area contributed by atoms with Gasteiger partial charge in [0.1, 0.15) is 5.82 Å². The lowest BCUT2D eigenvalue weighted by molar-refractivity contribution is -0.274. The second-order valence-corrected chi connectivity index (χ2v) is 3.45. The molecular weight excluding hydrogens is 314 g/mol. The summed E-state index contributed by atoms with van der Waals surface area (Å²) in [6.07, 6.45) is -4.79. The third-order valence-corrected chi connectivity index (χ3v) is 1.99. The topological polar surface area (TPSA) is 74.2 Å². The Labute approximate surface area is 90.6 Å². The maximum atomic E-state index is 11.9. The normalized spacial score (nSPS) is 11.4. The first-order chi connectivity index (χ1) is 6.29. The number of nitrogens with zero attached hydrogens (tertiary/aromatic N) is 1. The van der Waals surface area contributed by atoms with Crippen LogP contribution in [0.5, 0.6) is 5.75 Å². The fourth-order valence-corrected chi connectivity index (χ4v) is 1.46. The van der Waals surface area contributed by atoms with E-state index in [1.165, 1.54) is 6.07 Å². The van der Waals surface area contributed by atoms with Crippen LogP contribution < -0.4 is 16.2 Å². The van der Waals surface area contributed by atoms with Crippen LogP contribution in [0.25, 0.3) is 0 Å². The summed E-state index contributed by atoms with van der Waals surface area (Å²) in [6.45, 7) is 0. The van der Waals surface area contributed by atoms with E-state index in [1.54, 1.807) is 22.6 Å². The Morgan fingerprint density at radius 1 is 1.36 bits per heavy atom. The zero-order chi connectivity index (χ0) is 10.9. The smallest absolute Gasteiger partial charge is 0.401 e. The van der Waals surface area contributed by atoms with E-state index in [0.29, 0.717) is 0 Å². The average molecular weight is 319 g/mol. The van der Waals surface area contributed by atoms with Crippen LogP contribution in [0.1, 0.15) is 0 Å². The van der Waals surface area contributed by atoms with Gasteiger partial charge in [0, 0.05) is 0 Å². The number of nitrogen functional groups attached to an aromatic ring is 2. The molecule has 0 bridgehead atoms. The first kappa shape index (κ1) is 11.1. The Balaban J connectivity index is 3.09. The van der Waals surface area contributed by atoms with Crippen LogP contribution in [0.15, 0.2) is 6.07 Å². The minimum absolute atomic E-state index is 0.0430. The molecule has 1 rings (SSSR count). The van der Waals surface area contributed by atoms with Crippen LogP contribution >= 0.6 is 22.6 Å². The number of rotatable bonds is 1. The number of nitrogens with two attached hydrogens (primary N) is 2. The fraction of sp³-hybridized carbons (Fsp3) is 0.167. The molecule has 1 heterocycles. The van der Waals surface area contributed by atoms with Crippen LogP contribution in [-0.2, 0) is 0 Å². The van der Waals surface area contributed by atoms with Gasteiger partial charge in [-0.15, -0.1) is 13.2 Å². The van der Waals surface area contributed by atoms with Gasteiger partial charge in [0.25, 0.3) is 0 Å². The molecule has 0 aliphatic heterocycles. The van der Waals surface area contributed by atoms with Gasteiger partial charge in [-0.3, -0.25) is 0 Å². The van der Waals surface area contributed by atoms with Gasteiger partial charge in [0.05, 0.1) is 3.57 Å². The molecule has 0 atom stereocenters. The summed E-state index contributed by atoms with van der Waals surface area (Å²) in [5.74, 6) is -0.861. The molecule has 0 radical (unpaired) electrons. The van der Waals surface area contributed by atoms with Gasteiger partial charge >= 0.3 is 6.36 Å². The Bertz CT molecular complexity index is 332. The van der Waals surface area contributed by atoms with Crippen molar-refractivity contribution in [1.82, 2.24) is 4.98 Å². The molecule has 14 heavy (non-hydrogen) atoms. The number of hydrogen-bond acceptors (Lipinski definition) is 4. The maximum Gasteiger partial charge on any atom is 0.573 e. The van der Waals surface area contributed by atoms with Gasteiger partial charge in [0.2, 0.25) is 0 Å². The molecule has 0 saturated carbocycles. The van der Waals surface area contributed by atoms with Crippen LogP contribution in [0.4, 0.5) is 24.8 Å². The quantitative estimate of drug-likeness (QED) is 0.774. The number of hydrogen-bond donors (Lipinski definition) is 2. The van der Waals surface area contributed by atoms with Gasteiger partial charge in [-0.05, 0) is 28.7 Å². The van der Waals surface area contributed by atoms with E-state index in [2.05, 4.69) is 9.72 Å². The van der Waals surface area contributed by atoms with Crippen molar-refractivity contribution in [2.24, 2.45) is 0 Å². The predicted molar refractivity (Wildman–Crippen MR) is 52.5 cm³/mol. The van der Waals surface area contributed by atoms with E-state index >= 15 is 0 Å². The van der Waals surface area contributed by atoms with Crippen molar-refractivity contribution in [1.29, 1.82) is 0 Å². The number of halogens is 4. The largest absolute Gasteiger partial charge is 0.573 e. The van der Waals surface area contributed by atoms with Gasteiger partial charge < -0.3 is 16.2 Å². The molecule has 0 aromatic carbocycles. The summed E-state index contributed by atoms with van der Waals surface area (Å²) in [7, 11) is 0. The highest BCUT2D eigenvalue weighted by molar-refractivity contribution is 14.1. The SMILES string of the molecule is Nc1cc(I)c(OC(F)(F)F)c(N)n1. The molecule has 0 fully saturated rings. The van der Waals surface area contributed by atoms with Crippen LogP contribution in [0.3, 0.4) is 0 Å². The molecule has 8 heteroatoms. The van der Waals surface area contributed by atoms with Gasteiger partial charge in [-0.25, -0.2) is 4.98 Å². The lowest BCUT2D eigenvalue weighted by atomic mass is 10.4. The molecule has 4 nitrogen and oxygen atoms in total. The summed E-state index contributed by atoms with van der Waals surface area (Å²) in [4.78, 5) is 3.44. The van der Waals surface area contributed by atoms with Gasteiger partial charge in [-0.1, -0.05) is 0 Å². The third kappa shape index (κ3) is 2.79. The lowest BCUT2D eigenvalue weighted by Crippen LogP contribution is -2.19. The fourth-order valence-electron chi connectivity index (χ4n) is 0.757. The minimum atomic E-state index is -4.79. The van der Waals surface area contributed by atoms with Gasteiger partial charge in [0.15, 0.2) is 11.6 Å². The number of aromatic nitrogens is 1. The molecule has 0 spiro atoms. The predicted octanol–water partition coefficient (Wildman–Crippen LogP) is 1.75. The molecule has 4 N–H and O–H groups in total. The average Bonchev–Trinajstić information content (AvgIpc) is 1.95. The van der Waals surface area contributed by atoms with Crippen molar-refractivity contribution in [2.75, 3.05) is 11.5 Å². The van der Waals surface area contributed by atoms with E-state index in [-0.39, 0.29) is 15.2 Å². The lowest BCUT2D eigenvalue weighted by Gasteiger charge is -2.12. The number of anilines is 2. The zero-order valence-electron chi connectivity index (χ0n) is 6.60. The number of alkyl halides is 3. The Morgan fingerprint density at radius 3 is 2.36 bits per heavy atom. The summed E-state index contributed by atoms with van der Waals surface area (Å²) in [5.41, 5.74) is 10.5. The highest BCUT2D eigenvalue weighted by Gasteiger charge is 2.33. The summed E-state index contributed by atoms with van der Waals surface area (Å²) in [6, 6.07) is 1.23. The Morgan fingerprint density at radius 2 is 1.93 bits per heavy atom. The minimum Gasteiger partial charge on any atom is -0.401 e. The van der Waals surface area contributed by atoms with Crippen molar-refractivity contribution < 1.29 is 17.9 Å². The standard InChI is InChI=1S/C6H5F3IN3O/c7-6(8,9)14-4-2(10)1-3(11)13-5(4)12/h1H,(H4,11,12,13). The first-order valence-electron chi connectivity index (χ1n) is 3.27. The van der Waals surface area contributed by atoms with Crippen molar-refractivity contribution in [3.05, 3.63) is 9.64 Å². The molecule has 1 aromatic heterocycles. The van der Waals surface area contributed by atoms with Crippen molar-refractivity contribution >= 4 is 34.2 Å². The highest BCUT2D eigenvalue weighted by atomic mass is 127. The van der Waals surface area contributed by atoms with E-state index in [4.69, 9.17) is 11.5 Å². The van der Waals surface area contributed by atoms with Crippen LogP contribution in [0, 0.1) is 3.57 Å². The number of pyridine rings is 1. The van der Waals surface area contributed by atoms with Gasteiger partial charge in [-0.2, -0.15) is 0 Å². The number of ether oxygens (including phenoxy) is 1. The molecule has 78 valence electrons. The summed E-state index contributed by atoms with van der Waals surface area (Å²) in [5, 5.41) is 0. The van der Waals surface area contributed by atoms with Crippen LogP contribution in [-0.4, -0.2) is 11.3 Å². The highest BCUT2D eigenvalue weighted by Crippen LogP contribution is 2.32. The summed E-state index contributed by atoms with van der Waals surface area (Å²) >= 11 is 1.63. The van der Waals surface area contributed by atoms with E-state index in [9.17, 15) is 13.2 Å². The molecule has 0 aliphatic rings. The monoisotopic (exact) mass is 319 g/mol. The second kappa shape index (κ2) is 3.67. The van der Waals surface area contributed by atoms with E-state index < -0.39 is 12.1 Å². The molecule has 0 amide bonds. The van der Waals surface area contributed by atoms with E-state index in [1.807, 2.05) is 0 Å². The van der Waals surface area contributed by atoms with E-state index in [0.717, 1.165) is 0 Å². The Kier molecular flexibility index (Phi) is 2.92. The maximum absolute atomic E-state index is 11.9. The molecule has 1 aromatic rings. The third-order valence-electron chi connectivity index (χ3n) is 1.19. The molecular formula is C6H5F3IN3O. The van der Waals surface area contributed by atoms with Crippen molar-refractivity contribution in [3.8, 4) is 5.75 Å².